The number of halogens is 6. The average molecular weight is 486 g/mol. The van der Waals surface area contributed by atoms with Gasteiger partial charge in [0.2, 0.25) is 0 Å². The number of methoxy groups -OCH3 is 1. The minimum absolute atomic E-state index is 0.230. The predicted octanol–water partition coefficient (Wildman–Crippen LogP) is 5.72. The number of aliphatic imine (C=N–C) groups is 1. The van der Waals surface area contributed by atoms with Crippen LogP contribution in [0.25, 0.3) is 5.70 Å². The molecule has 34 heavy (non-hydrogen) atoms. The number of allylic oxidation sites excluding steroid dienone is 1. The Balaban J connectivity index is 2.46. The van der Waals surface area contributed by atoms with Gasteiger partial charge in [-0.05, 0) is 24.6 Å². The SMILES string of the molecule is COC(=O)C1C(C)=NC(c2ccccc2C(F)(F)F)=C([N+](=O)[O-])C1c1ccccc1C(F)(F)F. The standard InChI is InChI=1S/C22H16F6N2O4/c1-11-16(20(31)34-2)17(12-7-3-5-9-14(12)21(23,24)25)19(30(32)33)18(29-11)13-8-4-6-10-15(13)22(26,27)28/h3-10,16-17H,1-2H3. The van der Waals surface area contributed by atoms with Gasteiger partial charge < -0.3 is 4.74 Å². The Hall–Kier alpha value is -3.70. The highest BCUT2D eigenvalue weighted by Crippen LogP contribution is 2.48. The van der Waals surface area contributed by atoms with E-state index in [0.717, 1.165) is 31.4 Å². The number of nitrogens with zero attached hydrogens (tertiary/aromatic N) is 2. The molecule has 180 valence electrons. The maximum atomic E-state index is 13.8. The lowest BCUT2D eigenvalue weighted by atomic mass is 9.76. The second-order valence-electron chi connectivity index (χ2n) is 7.35. The van der Waals surface area contributed by atoms with Crippen LogP contribution in [-0.2, 0) is 21.9 Å². The van der Waals surface area contributed by atoms with E-state index in [4.69, 9.17) is 0 Å². The van der Waals surface area contributed by atoms with Gasteiger partial charge in [0, 0.05) is 11.3 Å². The van der Waals surface area contributed by atoms with Crippen molar-refractivity contribution in [1.82, 2.24) is 0 Å². The number of esters is 1. The molecule has 0 fully saturated rings. The van der Waals surface area contributed by atoms with Crippen LogP contribution in [-0.4, -0.2) is 23.7 Å². The van der Waals surface area contributed by atoms with Crippen LogP contribution in [0.4, 0.5) is 26.3 Å². The molecule has 2 unspecified atom stereocenters. The Morgan fingerprint density at radius 2 is 1.50 bits per heavy atom. The van der Waals surface area contributed by atoms with Gasteiger partial charge in [-0.25, -0.2) is 4.99 Å². The fourth-order valence-corrected chi connectivity index (χ4v) is 3.97. The number of carbonyl (C=O) groups excluding carboxylic acids is 1. The number of hydrogen-bond acceptors (Lipinski definition) is 5. The van der Waals surface area contributed by atoms with Crippen LogP contribution in [0.15, 0.2) is 59.2 Å². The molecule has 2 aromatic carbocycles. The molecule has 0 bridgehead atoms. The van der Waals surface area contributed by atoms with E-state index in [9.17, 15) is 41.3 Å². The lowest BCUT2D eigenvalue weighted by Crippen LogP contribution is -2.36. The Bertz CT molecular complexity index is 1200. The van der Waals surface area contributed by atoms with Gasteiger partial charge in [0.25, 0.3) is 5.70 Å². The van der Waals surface area contributed by atoms with E-state index < -0.39 is 68.7 Å². The van der Waals surface area contributed by atoms with Crippen molar-refractivity contribution in [3.8, 4) is 0 Å². The molecule has 0 radical (unpaired) electrons. The van der Waals surface area contributed by atoms with Crippen molar-refractivity contribution in [1.29, 1.82) is 0 Å². The Kier molecular flexibility index (Phi) is 6.54. The quantitative estimate of drug-likeness (QED) is 0.240. The molecule has 0 N–H and O–H groups in total. The third kappa shape index (κ3) is 4.52. The third-order valence-corrected chi connectivity index (χ3v) is 5.35. The summed E-state index contributed by atoms with van der Waals surface area (Å²) in [6.07, 6.45) is -9.90. The van der Waals surface area contributed by atoms with Gasteiger partial charge in [-0.2, -0.15) is 26.3 Å². The summed E-state index contributed by atoms with van der Waals surface area (Å²) < 4.78 is 87.0. The van der Waals surface area contributed by atoms with Crippen LogP contribution in [0.1, 0.15) is 35.1 Å². The number of benzene rings is 2. The molecule has 0 saturated carbocycles. The molecule has 0 aliphatic carbocycles. The highest BCUT2D eigenvalue weighted by Gasteiger charge is 2.50. The first-order chi connectivity index (χ1) is 15.8. The average Bonchev–Trinajstić information content (AvgIpc) is 2.76. The van der Waals surface area contributed by atoms with E-state index in [0.29, 0.717) is 12.1 Å². The maximum absolute atomic E-state index is 13.8. The normalized spacial score (nSPS) is 19.0. The smallest absolute Gasteiger partial charge is 0.417 e. The molecular formula is C22H16F6N2O4. The van der Waals surface area contributed by atoms with Crippen molar-refractivity contribution >= 4 is 17.4 Å². The third-order valence-electron chi connectivity index (χ3n) is 5.35. The van der Waals surface area contributed by atoms with E-state index in [1.807, 2.05) is 0 Å². The van der Waals surface area contributed by atoms with Crippen molar-refractivity contribution in [3.63, 3.8) is 0 Å². The van der Waals surface area contributed by atoms with E-state index in [1.54, 1.807) is 0 Å². The summed E-state index contributed by atoms with van der Waals surface area (Å²) in [6.45, 7) is 1.19. The molecule has 0 spiro atoms. The van der Waals surface area contributed by atoms with Crippen LogP contribution in [0.3, 0.4) is 0 Å². The molecule has 12 heteroatoms. The lowest BCUT2D eigenvalue weighted by Gasteiger charge is -2.30. The number of alkyl halides is 6. The molecular weight excluding hydrogens is 470 g/mol. The molecule has 1 heterocycles. The summed E-state index contributed by atoms with van der Waals surface area (Å²) in [4.78, 5) is 27.5. The zero-order valence-electron chi connectivity index (χ0n) is 17.6. The first-order valence-electron chi connectivity index (χ1n) is 9.63. The Morgan fingerprint density at radius 1 is 0.971 bits per heavy atom. The monoisotopic (exact) mass is 486 g/mol. The zero-order chi connectivity index (χ0) is 25.4. The molecule has 1 aliphatic rings. The molecule has 0 saturated heterocycles. The summed E-state index contributed by atoms with van der Waals surface area (Å²) in [5.74, 6) is -4.71. The van der Waals surface area contributed by atoms with Crippen molar-refractivity contribution in [2.75, 3.05) is 7.11 Å². The van der Waals surface area contributed by atoms with E-state index in [1.165, 1.54) is 19.1 Å². The van der Waals surface area contributed by atoms with Crippen molar-refractivity contribution < 1.29 is 40.8 Å². The van der Waals surface area contributed by atoms with Gasteiger partial charge in [-0.15, -0.1) is 0 Å². The van der Waals surface area contributed by atoms with Gasteiger partial charge in [0.1, 0.15) is 11.6 Å². The van der Waals surface area contributed by atoms with Crippen LogP contribution in [0.5, 0.6) is 0 Å². The number of hydrogen-bond donors (Lipinski definition) is 0. The maximum Gasteiger partial charge on any atom is 0.417 e. The second kappa shape index (κ2) is 8.92. The van der Waals surface area contributed by atoms with Crippen LogP contribution < -0.4 is 0 Å². The lowest BCUT2D eigenvalue weighted by molar-refractivity contribution is -0.430. The highest BCUT2D eigenvalue weighted by atomic mass is 19.4. The Morgan fingerprint density at radius 3 is 2.03 bits per heavy atom. The first kappa shape index (κ1) is 24.9. The van der Waals surface area contributed by atoms with E-state index in [2.05, 4.69) is 9.73 Å². The minimum Gasteiger partial charge on any atom is -0.468 e. The van der Waals surface area contributed by atoms with Gasteiger partial charge in [-0.3, -0.25) is 14.9 Å². The number of ether oxygens (including phenoxy) is 1. The van der Waals surface area contributed by atoms with Crippen LogP contribution in [0, 0.1) is 16.0 Å². The minimum atomic E-state index is -4.97. The molecule has 0 aromatic heterocycles. The van der Waals surface area contributed by atoms with Crippen molar-refractivity contribution in [2.24, 2.45) is 10.9 Å². The van der Waals surface area contributed by atoms with Gasteiger partial charge in [0.15, 0.2) is 0 Å². The van der Waals surface area contributed by atoms with Gasteiger partial charge in [-0.1, -0.05) is 36.4 Å². The number of carbonyl (C=O) groups is 1. The molecule has 2 atom stereocenters. The van der Waals surface area contributed by atoms with E-state index in [-0.39, 0.29) is 5.71 Å². The van der Waals surface area contributed by atoms with Crippen LogP contribution >= 0.6 is 0 Å². The summed E-state index contributed by atoms with van der Waals surface area (Å²) in [5, 5.41) is 12.2. The summed E-state index contributed by atoms with van der Waals surface area (Å²) >= 11 is 0. The van der Waals surface area contributed by atoms with E-state index >= 15 is 0 Å². The fraction of sp³-hybridized carbons (Fsp3) is 0.273. The molecule has 3 rings (SSSR count). The molecule has 1 aliphatic heterocycles. The van der Waals surface area contributed by atoms with Gasteiger partial charge in [0.05, 0.1) is 29.1 Å². The van der Waals surface area contributed by atoms with Gasteiger partial charge >= 0.3 is 18.3 Å². The molecule has 6 nitrogen and oxygen atoms in total. The summed E-state index contributed by atoms with van der Waals surface area (Å²) in [7, 11) is 0.937. The largest absolute Gasteiger partial charge is 0.468 e. The Labute approximate surface area is 188 Å². The number of rotatable bonds is 4. The zero-order valence-corrected chi connectivity index (χ0v) is 17.6. The predicted molar refractivity (Wildman–Crippen MR) is 108 cm³/mol. The number of nitro groups is 1. The molecule has 2 aromatic rings. The topological polar surface area (TPSA) is 81.8 Å². The van der Waals surface area contributed by atoms with Crippen molar-refractivity contribution in [2.45, 2.75) is 25.2 Å². The highest BCUT2D eigenvalue weighted by molar-refractivity contribution is 6.06. The van der Waals surface area contributed by atoms with Crippen LogP contribution in [0.2, 0.25) is 0 Å². The summed E-state index contributed by atoms with van der Waals surface area (Å²) in [6, 6.07) is 7.71. The first-order valence-corrected chi connectivity index (χ1v) is 9.63. The second-order valence-corrected chi connectivity index (χ2v) is 7.35. The fourth-order valence-electron chi connectivity index (χ4n) is 3.97. The van der Waals surface area contributed by atoms with Crippen molar-refractivity contribution in [3.05, 3.63) is 86.6 Å². The summed E-state index contributed by atoms with van der Waals surface area (Å²) in [5.41, 5.74) is -5.97. The molecule has 0 amide bonds.